The molecule has 1 aliphatic rings. The number of benzene rings is 1. The highest BCUT2D eigenvalue weighted by Crippen LogP contribution is 2.23. The van der Waals surface area contributed by atoms with Crippen molar-refractivity contribution in [3.8, 4) is 0 Å². The maximum Gasteiger partial charge on any atom is 0.240 e. The van der Waals surface area contributed by atoms with Crippen LogP contribution in [0.1, 0.15) is 39.0 Å². The summed E-state index contributed by atoms with van der Waals surface area (Å²) in [5.74, 6) is 0.369. The molecule has 2 atom stereocenters. The average molecular weight is 359 g/mol. The van der Waals surface area contributed by atoms with Crippen LogP contribution >= 0.6 is 11.6 Å². The molecule has 0 bridgehead atoms. The first-order valence-electron chi connectivity index (χ1n) is 7.93. The number of rotatable bonds is 6. The van der Waals surface area contributed by atoms with Crippen LogP contribution in [0.15, 0.2) is 29.2 Å². The van der Waals surface area contributed by atoms with E-state index in [0.717, 1.165) is 19.3 Å². The molecular formula is C16H23ClN2O3S. The van der Waals surface area contributed by atoms with Crippen molar-refractivity contribution in [1.29, 1.82) is 0 Å². The summed E-state index contributed by atoms with van der Waals surface area (Å²) in [6.45, 7) is 2.22. The van der Waals surface area contributed by atoms with Gasteiger partial charge in [0, 0.05) is 24.0 Å². The maximum atomic E-state index is 12.1. The highest BCUT2D eigenvalue weighted by atomic mass is 35.5. The number of nitrogens with one attached hydrogen (secondary N) is 2. The molecule has 2 unspecified atom stereocenters. The standard InChI is InChI=1S/C16H23ClN2O3S/c1-12-5-2-3-8-15(12)19-16(20)9-10-18-23(21,22)14-7-4-6-13(17)11-14/h4,6-7,11-12,15,18H,2-3,5,8-10H2,1H3,(H,19,20). The number of hydrogen-bond donors (Lipinski definition) is 2. The largest absolute Gasteiger partial charge is 0.353 e. The summed E-state index contributed by atoms with van der Waals surface area (Å²) in [6.07, 6.45) is 4.61. The third-order valence-corrected chi connectivity index (χ3v) is 5.90. The van der Waals surface area contributed by atoms with Gasteiger partial charge in [-0.1, -0.05) is 37.4 Å². The van der Waals surface area contributed by atoms with Gasteiger partial charge < -0.3 is 5.32 Å². The zero-order chi connectivity index (χ0) is 16.9. The summed E-state index contributed by atoms with van der Waals surface area (Å²) >= 11 is 5.80. The Labute approximate surface area is 142 Å². The summed E-state index contributed by atoms with van der Waals surface area (Å²) in [4.78, 5) is 12.1. The molecular weight excluding hydrogens is 336 g/mol. The van der Waals surface area contributed by atoms with E-state index in [9.17, 15) is 13.2 Å². The minimum atomic E-state index is -3.64. The van der Waals surface area contributed by atoms with Crippen molar-refractivity contribution >= 4 is 27.5 Å². The smallest absolute Gasteiger partial charge is 0.240 e. The first-order chi connectivity index (χ1) is 10.9. The fourth-order valence-electron chi connectivity index (χ4n) is 2.83. The van der Waals surface area contributed by atoms with Gasteiger partial charge in [0.25, 0.3) is 0 Å². The minimum Gasteiger partial charge on any atom is -0.353 e. The Morgan fingerprint density at radius 1 is 1.30 bits per heavy atom. The molecule has 0 spiro atoms. The SMILES string of the molecule is CC1CCCCC1NC(=O)CCNS(=O)(=O)c1cccc(Cl)c1. The lowest BCUT2D eigenvalue weighted by atomic mass is 9.86. The number of hydrogen-bond acceptors (Lipinski definition) is 3. The molecule has 0 heterocycles. The second kappa shape index (κ2) is 8.13. The zero-order valence-electron chi connectivity index (χ0n) is 13.2. The summed E-state index contributed by atoms with van der Waals surface area (Å²) < 4.78 is 26.6. The Hall–Kier alpha value is -1.11. The molecule has 1 amide bonds. The van der Waals surface area contributed by atoms with Crippen LogP contribution in [0, 0.1) is 5.92 Å². The molecule has 1 saturated carbocycles. The molecule has 23 heavy (non-hydrogen) atoms. The van der Waals surface area contributed by atoms with Crippen molar-refractivity contribution in [3.63, 3.8) is 0 Å². The third kappa shape index (κ3) is 5.48. The zero-order valence-corrected chi connectivity index (χ0v) is 14.8. The van der Waals surface area contributed by atoms with Crippen LogP contribution in [-0.2, 0) is 14.8 Å². The van der Waals surface area contributed by atoms with E-state index < -0.39 is 10.0 Å². The molecule has 128 valence electrons. The van der Waals surface area contributed by atoms with E-state index in [1.165, 1.54) is 18.6 Å². The normalized spacial score (nSPS) is 21.8. The van der Waals surface area contributed by atoms with E-state index in [0.29, 0.717) is 10.9 Å². The quantitative estimate of drug-likeness (QED) is 0.821. The van der Waals surface area contributed by atoms with E-state index in [4.69, 9.17) is 11.6 Å². The number of carbonyl (C=O) groups excluding carboxylic acids is 1. The fraction of sp³-hybridized carbons (Fsp3) is 0.562. The van der Waals surface area contributed by atoms with Gasteiger partial charge in [0.15, 0.2) is 0 Å². The molecule has 5 nitrogen and oxygen atoms in total. The van der Waals surface area contributed by atoms with Crippen LogP contribution in [0.25, 0.3) is 0 Å². The number of amides is 1. The first kappa shape index (κ1) is 18.2. The van der Waals surface area contributed by atoms with Gasteiger partial charge >= 0.3 is 0 Å². The van der Waals surface area contributed by atoms with Gasteiger partial charge in [-0.05, 0) is 37.0 Å². The highest BCUT2D eigenvalue weighted by molar-refractivity contribution is 7.89. The van der Waals surface area contributed by atoms with Crippen molar-refractivity contribution < 1.29 is 13.2 Å². The van der Waals surface area contributed by atoms with E-state index in [-0.39, 0.29) is 29.8 Å². The number of halogens is 1. The van der Waals surface area contributed by atoms with Crippen LogP contribution in [0.3, 0.4) is 0 Å². The second-order valence-corrected chi connectivity index (χ2v) is 8.24. The van der Waals surface area contributed by atoms with Gasteiger partial charge in [0.2, 0.25) is 15.9 Å². The van der Waals surface area contributed by atoms with E-state index >= 15 is 0 Å². The van der Waals surface area contributed by atoms with Crippen molar-refractivity contribution in [1.82, 2.24) is 10.0 Å². The highest BCUT2D eigenvalue weighted by Gasteiger charge is 2.22. The summed E-state index contributed by atoms with van der Waals surface area (Å²) in [5.41, 5.74) is 0. The molecule has 2 rings (SSSR count). The summed E-state index contributed by atoms with van der Waals surface area (Å²) in [7, 11) is -3.64. The average Bonchev–Trinajstić information content (AvgIpc) is 2.49. The van der Waals surface area contributed by atoms with Crippen LogP contribution in [0.4, 0.5) is 0 Å². The molecule has 1 fully saturated rings. The predicted octanol–water partition coefficient (Wildman–Crippen LogP) is 2.70. The first-order valence-corrected chi connectivity index (χ1v) is 9.79. The molecule has 2 N–H and O–H groups in total. The van der Waals surface area contributed by atoms with Gasteiger partial charge in [-0.25, -0.2) is 13.1 Å². The maximum absolute atomic E-state index is 12.1. The van der Waals surface area contributed by atoms with Crippen molar-refractivity contribution in [2.75, 3.05) is 6.54 Å². The van der Waals surface area contributed by atoms with E-state index in [2.05, 4.69) is 17.0 Å². The summed E-state index contributed by atoms with van der Waals surface area (Å²) in [6, 6.07) is 6.25. The predicted molar refractivity (Wildman–Crippen MR) is 90.8 cm³/mol. The van der Waals surface area contributed by atoms with Gasteiger partial charge in [0.1, 0.15) is 0 Å². The van der Waals surface area contributed by atoms with E-state index in [1.807, 2.05) is 0 Å². The summed E-state index contributed by atoms with van der Waals surface area (Å²) in [5, 5.41) is 3.37. The van der Waals surface area contributed by atoms with Gasteiger partial charge in [-0.15, -0.1) is 0 Å². The Bertz CT molecular complexity index is 648. The van der Waals surface area contributed by atoms with Crippen LogP contribution in [-0.4, -0.2) is 26.9 Å². The fourth-order valence-corrected chi connectivity index (χ4v) is 4.16. The lowest BCUT2D eigenvalue weighted by molar-refractivity contribution is -0.122. The second-order valence-electron chi connectivity index (χ2n) is 6.04. The molecule has 1 aromatic carbocycles. The van der Waals surface area contributed by atoms with E-state index in [1.54, 1.807) is 12.1 Å². The molecule has 7 heteroatoms. The van der Waals surface area contributed by atoms with Crippen molar-refractivity contribution in [2.24, 2.45) is 5.92 Å². The Balaban J connectivity index is 1.80. The molecule has 1 aliphatic carbocycles. The van der Waals surface area contributed by atoms with Crippen LogP contribution < -0.4 is 10.0 Å². The topological polar surface area (TPSA) is 75.3 Å². The third-order valence-electron chi connectivity index (χ3n) is 4.21. The molecule has 1 aromatic rings. The Morgan fingerprint density at radius 3 is 2.74 bits per heavy atom. The van der Waals surface area contributed by atoms with Gasteiger partial charge in [-0.2, -0.15) is 0 Å². The van der Waals surface area contributed by atoms with Gasteiger partial charge in [-0.3, -0.25) is 4.79 Å². The minimum absolute atomic E-state index is 0.0712. The molecule has 0 aliphatic heterocycles. The van der Waals surface area contributed by atoms with Gasteiger partial charge in [0.05, 0.1) is 4.90 Å². The van der Waals surface area contributed by atoms with Crippen LogP contribution in [0.2, 0.25) is 5.02 Å². The number of sulfonamides is 1. The Kier molecular flexibility index (Phi) is 6.44. The van der Waals surface area contributed by atoms with Crippen LogP contribution in [0.5, 0.6) is 0 Å². The number of carbonyl (C=O) groups is 1. The van der Waals surface area contributed by atoms with Crippen molar-refractivity contribution in [3.05, 3.63) is 29.3 Å². The lowest BCUT2D eigenvalue weighted by Crippen LogP contribution is -2.42. The van der Waals surface area contributed by atoms with Crippen molar-refractivity contribution in [2.45, 2.75) is 50.0 Å². The molecule has 0 aromatic heterocycles. The monoisotopic (exact) mass is 358 g/mol. The molecule has 0 saturated heterocycles. The lowest BCUT2D eigenvalue weighted by Gasteiger charge is -2.29. The Morgan fingerprint density at radius 2 is 2.04 bits per heavy atom. The molecule has 0 radical (unpaired) electrons.